The molecule has 0 radical (unpaired) electrons. The Kier molecular flexibility index (Phi) is 8.53. The Balaban J connectivity index is 0.644. The van der Waals surface area contributed by atoms with Gasteiger partial charge >= 0.3 is 0 Å². The topological polar surface area (TPSA) is 31.6 Å². The molecule has 0 amide bonds. The molecule has 16 aliphatic carbocycles. The van der Waals surface area contributed by atoms with Gasteiger partial charge in [0, 0.05) is 76.4 Å². The van der Waals surface area contributed by atoms with Gasteiger partial charge in [0.1, 0.15) is 0 Å². The molecule has 5 heteroatoms. The van der Waals surface area contributed by atoms with Crippen molar-refractivity contribution in [2.24, 2.45) is 159 Å². The zero-order chi connectivity index (χ0) is 55.5. The molecule has 17 aliphatic rings. The van der Waals surface area contributed by atoms with E-state index in [0.717, 1.165) is 161 Å². The van der Waals surface area contributed by atoms with Gasteiger partial charge < -0.3 is 18.6 Å². The normalized spacial score (nSPS) is 46.6. The van der Waals surface area contributed by atoms with Crippen LogP contribution in [0.2, 0.25) is 0 Å². The molecule has 87 heavy (non-hydrogen) atoms. The van der Waals surface area contributed by atoms with Crippen molar-refractivity contribution < 1.29 is 9.47 Å². The minimum absolute atomic E-state index is 0.276. The van der Waals surface area contributed by atoms with Gasteiger partial charge in [0.05, 0.1) is 41.9 Å². The summed E-state index contributed by atoms with van der Waals surface area (Å²) in [6.07, 6.45) is 12.6. The van der Waals surface area contributed by atoms with E-state index in [1.807, 2.05) is 7.11 Å². The SMILES string of the molecule is COCCOCCN1CC2C3=C4C5C6=C(C3)CC3CC7CC8CC9CC%10CC%11CC2(C2C4C4C5C5C(C63)C7C3C8C9C6C%10C(C4C6C35)C%112)C1c1ccc2c(c1)c1ccccc1n2-c1ccc(-c2ccc(-n3c4ccccc4c4ccccc43)cc2)cc1. The van der Waals surface area contributed by atoms with Gasteiger partial charge in [-0.2, -0.15) is 0 Å². The number of fused-ring (bicyclic) bond motifs is 7. The molecular formula is C82H79N3O2. The Bertz CT molecular complexity index is 4450. The first kappa shape index (κ1) is 47.3. The summed E-state index contributed by atoms with van der Waals surface area (Å²) >= 11 is 0. The highest BCUT2D eigenvalue weighted by molar-refractivity contribution is 6.10. The molecule has 0 N–H and O–H groups in total. The lowest BCUT2D eigenvalue weighted by Gasteiger charge is -2.62. The number of methoxy groups -OCH3 is 1. The Morgan fingerprint density at radius 3 is 1.64 bits per heavy atom. The smallest absolute Gasteiger partial charge is 0.0700 e. The van der Waals surface area contributed by atoms with Crippen molar-refractivity contribution in [1.29, 1.82) is 0 Å². The van der Waals surface area contributed by atoms with Gasteiger partial charge in [0.15, 0.2) is 0 Å². The third kappa shape index (κ3) is 5.11. The average molecular weight is 1140 g/mol. The minimum Gasteiger partial charge on any atom is -0.382 e. The molecule has 28 atom stereocenters. The van der Waals surface area contributed by atoms with Gasteiger partial charge in [-0.25, -0.2) is 0 Å². The summed E-state index contributed by atoms with van der Waals surface area (Å²) in [5.74, 6) is 26.5. The van der Waals surface area contributed by atoms with Crippen LogP contribution in [0.25, 0.3) is 66.1 Å². The summed E-state index contributed by atoms with van der Waals surface area (Å²) in [6, 6.07) is 54.4. The monoisotopic (exact) mass is 1140 g/mol. The van der Waals surface area contributed by atoms with E-state index in [4.69, 9.17) is 9.47 Å². The van der Waals surface area contributed by atoms with Crippen molar-refractivity contribution in [3.63, 3.8) is 0 Å². The highest BCUT2D eigenvalue weighted by Crippen LogP contribution is 2.93. The van der Waals surface area contributed by atoms with Gasteiger partial charge in [-0.05, 0) is 265 Å². The predicted molar refractivity (Wildman–Crippen MR) is 342 cm³/mol. The average Bonchev–Trinajstić information content (AvgIpc) is 1.44. The number of allylic oxidation sites excluding steroid dienone is 3. The molecule has 28 unspecified atom stereocenters. The zero-order valence-electron chi connectivity index (χ0n) is 50.2. The van der Waals surface area contributed by atoms with E-state index < -0.39 is 0 Å². The number of hydrogen-bond donors (Lipinski definition) is 0. The van der Waals surface area contributed by atoms with E-state index >= 15 is 0 Å². The van der Waals surface area contributed by atoms with Crippen LogP contribution >= 0.6 is 0 Å². The summed E-state index contributed by atoms with van der Waals surface area (Å²) in [5, 5.41) is 5.44. The van der Waals surface area contributed by atoms with Crippen LogP contribution in [0.5, 0.6) is 0 Å². The molecule has 434 valence electrons. The quantitative estimate of drug-likeness (QED) is 0.101. The van der Waals surface area contributed by atoms with Crippen molar-refractivity contribution in [3.8, 4) is 22.5 Å². The summed E-state index contributed by atoms with van der Waals surface area (Å²) in [4.78, 5) is 3.13. The van der Waals surface area contributed by atoms with Gasteiger partial charge in [-0.3, -0.25) is 4.90 Å². The Morgan fingerprint density at radius 1 is 0.460 bits per heavy atom. The minimum atomic E-state index is 0.276. The summed E-state index contributed by atoms with van der Waals surface area (Å²) in [6.45, 7) is 4.41. The fraction of sp³-hybridized carbons (Fsp3) is 0.512. The molecule has 1 aliphatic heterocycles. The number of nitrogens with zero attached hydrogens (tertiary/aromatic N) is 3. The molecule has 6 aromatic carbocycles. The van der Waals surface area contributed by atoms with Crippen molar-refractivity contribution in [1.82, 2.24) is 14.0 Å². The number of ether oxygens (including phenoxy) is 2. The first-order valence-electron chi connectivity index (χ1n) is 35.6. The molecule has 25 rings (SSSR count). The highest BCUT2D eigenvalue weighted by atomic mass is 16.5. The van der Waals surface area contributed by atoms with Crippen LogP contribution in [-0.4, -0.2) is 54.1 Å². The molecule has 8 aromatic rings. The second kappa shape index (κ2) is 15.7. The molecule has 1 spiro atoms. The van der Waals surface area contributed by atoms with Crippen LogP contribution < -0.4 is 0 Å². The number of rotatable bonds is 10. The standard InChI is InChI=1S/C82H79N3O2/c1-86-26-27-87-25-24-83-37-55-54-35-46-32-43-30-44-29-41-28-42-31-45-33-47-36-82(55,80-66(47)71-65(45)70-61(42)60(41)68-64(44)69-62(43)63(46)72-67(54)79(80)78-76(71)74(70)73(68)75(69)77(72)78)81(83)40-18-23-59-53(34-40)52-10-4-7-13-58(52)85(59)49-21-16-39(17-22-49)38-14-19-48(20-15-38)84-56-11-5-2-8-50(56)51-9-3-6-12-57(51)84/h2-23,34,41-45,47,55,60-62,64-66,68-81H,24-33,35-37H2,1H3. The molecule has 3 heterocycles. The molecule has 0 bridgehead atoms. The lowest BCUT2D eigenvalue weighted by molar-refractivity contribution is -0.149. The fourth-order valence-corrected chi connectivity index (χ4v) is 31.9. The number of likely N-dealkylation sites (tertiary alicyclic amines) is 1. The molecular weight excluding hydrogens is 1060 g/mol. The Hall–Kier alpha value is -5.72. The number of para-hydroxylation sites is 3. The maximum absolute atomic E-state index is 6.63. The largest absolute Gasteiger partial charge is 0.382 e. The summed E-state index contributed by atoms with van der Waals surface area (Å²) in [7, 11) is 1.83. The third-order valence-corrected chi connectivity index (χ3v) is 32.1. The van der Waals surface area contributed by atoms with Crippen molar-refractivity contribution in [3.05, 3.63) is 167 Å². The predicted octanol–water partition coefficient (Wildman–Crippen LogP) is 16.5. The lowest BCUT2D eigenvalue weighted by atomic mass is 9.41. The number of benzene rings is 6. The van der Waals surface area contributed by atoms with Gasteiger partial charge in [0.25, 0.3) is 0 Å². The van der Waals surface area contributed by atoms with Crippen LogP contribution in [0.1, 0.15) is 63.0 Å². The van der Waals surface area contributed by atoms with Crippen LogP contribution in [0.3, 0.4) is 0 Å². The van der Waals surface area contributed by atoms with E-state index in [2.05, 4.69) is 176 Å². The van der Waals surface area contributed by atoms with E-state index in [-0.39, 0.29) is 5.41 Å². The van der Waals surface area contributed by atoms with Crippen LogP contribution in [0.4, 0.5) is 0 Å². The van der Waals surface area contributed by atoms with Crippen molar-refractivity contribution in [2.45, 2.75) is 57.4 Å². The molecule has 14 fully saturated rings. The van der Waals surface area contributed by atoms with E-state index in [0.29, 0.717) is 25.2 Å². The second-order valence-corrected chi connectivity index (χ2v) is 33.3. The number of aromatic nitrogens is 2. The molecule has 13 saturated carbocycles. The van der Waals surface area contributed by atoms with Crippen molar-refractivity contribution in [2.75, 3.05) is 40.0 Å². The second-order valence-electron chi connectivity index (χ2n) is 33.3. The van der Waals surface area contributed by atoms with Crippen LogP contribution in [-0.2, 0) is 9.47 Å². The summed E-state index contributed by atoms with van der Waals surface area (Å²) in [5.41, 5.74) is 20.6. The van der Waals surface area contributed by atoms with Crippen LogP contribution in [0.15, 0.2) is 162 Å². The molecule has 2 aromatic heterocycles. The number of hydrogen-bond acceptors (Lipinski definition) is 3. The zero-order valence-corrected chi connectivity index (χ0v) is 50.2. The van der Waals surface area contributed by atoms with Gasteiger partial charge in [-0.1, -0.05) is 107 Å². The lowest BCUT2D eigenvalue weighted by Crippen LogP contribution is -2.59. The Labute approximate surface area is 510 Å². The van der Waals surface area contributed by atoms with Gasteiger partial charge in [0.2, 0.25) is 0 Å². The highest BCUT2D eigenvalue weighted by Gasteiger charge is 2.88. The Morgan fingerprint density at radius 2 is 0.989 bits per heavy atom. The molecule has 1 saturated heterocycles. The molecule has 5 nitrogen and oxygen atoms in total. The van der Waals surface area contributed by atoms with Crippen LogP contribution in [0, 0.1) is 159 Å². The summed E-state index contributed by atoms with van der Waals surface area (Å²) < 4.78 is 17.2. The maximum Gasteiger partial charge on any atom is 0.0700 e. The van der Waals surface area contributed by atoms with E-state index in [1.54, 1.807) is 37.7 Å². The first-order chi connectivity index (χ1) is 43.1. The van der Waals surface area contributed by atoms with E-state index in [1.165, 1.54) is 91.9 Å². The first-order valence-corrected chi connectivity index (χ1v) is 35.6. The van der Waals surface area contributed by atoms with Gasteiger partial charge in [-0.15, -0.1) is 0 Å². The third-order valence-electron chi connectivity index (χ3n) is 32.1. The van der Waals surface area contributed by atoms with Crippen molar-refractivity contribution >= 4 is 43.6 Å². The maximum atomic E-state index is 6.63. The fourth-order valence-electron chi connectivity index (χ4n) is 31.9. The van der Waals surface area contributed by atoms with E-state index in [9.17, 15) is 0 Å².